The molecule has 0 aliphatic heterocycles. The van der Waals surface area contributed by atoms with Gasteiger partial charge in [-0.05, 0) is 53.7 Å². The molecule has 0 aliphatic rings. The van der Waals surface area contributed by atoms with Crippen LogP contribution in [-0.4, -0.2) is 62.5 Å². The fourth-order valence-electron chi connectivity index (χ4n) is 2.56. The highest BCUT2D eigenvalue weighted by atomic mass is 127. The van der Waals surface area contributed by atoms with Crippen LogP contribution in [0.2, 0.25) is 0 Å². The summed E-state index contributed by atoms with van der Waals surface area (Å²) in [5.41, 5.74) is 1.30. The van der Waals surface area contributed by atoms with Crippen molar-refractivity contribution in [2.75, 3.05) is 32.4 Å². The molecule has 1 atom stereocenters. The van der Waals surface area contributed by atoms with E-state index in [0.717, 1.165) is 19.5 Å². The number of halogens is 1. The second-order valence-electron chi connectivity index (χ2n) is 8.16. The van der Waals surface area contributed by atoms with E-state index in [4.69, 9.17) is 0 Å². The molecule has 6 nitrogen and oxygen atoms in total. The zero-order valence-corrected chi connectivity index (χ0v) is 21.9. The van der Waals surface area contributed by atoms with Gasteiger partial charge in [-0.1, -0.05) is 30.3 Å². The molecule has 0 saturated heterocycles. The van der Waals surface area contributed by atoms with Crippen molar-refractivity contribution in [1.82, 2.24) is 15.5 Å². The number of aliphatic imine (C=N–C) groups is 1. The van der Waals surface area contributed by atoms with Crippen molar-refractivity contribution in [1.29, 1.82) is 0 Å². The molecule has 168 valence electrons. The zero-order valence-electron chi connectivity index (χ0n) is 18.7. The maximum absolute atomic E-state index is 12.2. The average molecular weight is 539 g/mol. The summed E-state index contributed by atoms with van der Waals surface area (Å²) in [6.07, 6.45) is 0.931. The van der Waals surface area contributed by atoms with Crippen molar-refractivity contribution in [3.63, 3.8) is 0 Å². The first-order valence-electron chi connectivity index (χ1n) is 10.1. The average Bonchev–Trinajstić information content (AvgIpc) is 2.61. The number of nitrogens with one attached hydrogen (secondary N) is 2. The van der Waals surface area contributed by atoms with Gasteiger partial charge >= 0.3 is 0 Å². The highest BCUT2D eigenvalue weighted by Gasteiger charge is 2.28. The summed E-state index contributed by atoms with van der Waals surface area (Å²) in [6.45, 7) is 12.1. The van der Waals surface area contributed by atoms with E-state index in [1.165, 1.54) is 5.56 Å². The quantitative estimate of drug-likeness (QED) is 0.272. The monoisotopic (exact) mass is 538 g/mol. The van der Waals surface area contributed by atoms with E-state index >= 15 is 0 Å². The maximum atomic E-state index is 12.2. The van der Waals surface area contributed by atoms with E-state index < -0.39 is 14.6 Å². The van der Waals surface area contributed by atoms with Crippen LogP contribution in [0.4, 0.5) is 0 Å². The largest absolute Gasteiger partial charge is 0.357 e. The minimum atomic E-state index is -3.14. The van der Waals surface area contributed by atoms with Gasteiger partial charge in [-0.25, -0.2) is 8.42 Å². The molecular weight excluding hydrogens is 499 g/mol. The summed E-state index contributed by atoms with van der Waals surface area (Å²) >= 11 is 0. The number of hydrogen-bond donors (Lipinski definition) is 2. The number of benzene rings is 1. The Kier molecular flexibility index (Phi) is 13.0. The Labute approximate surface area is 194 Å². The van der Waals surface area contributed by atoms with Gasteiger partial charge in [0.15, 0.2) is 15.8 Å². The van der Waals surface area contributed by atoms with Crippen LogP contribution in [0.5, 0.6) is 0 Å². The van der Waals surface area contributed by atoms with Gasteiger partial charge in [0, 0.05) is 32.2 Å². The summed E-state index contributed by atoms with van der Waals surface area (Å²) in [4.78, 5) is 6.92. The van der Waals surface area contributed by atoms with Gasteiger partial charge < -0.3 is 10.6 Å². The summed E-state index contributed by atoms with van der Waals surface area (Å²) in [6, 6.07) is 10.8. The molecule has 1 aromatic carbocycles. The molecule has 2 N–H and O–H groups in total. The number of nitrogens with zero attached hydrogens (tertiary/aromatic N) is 2. The molecule has 1 aromatic rings. The molecule has 0 saturated carbocycles. The van der Waals surface area contributed by atoms with Gasteiger partial charge in [-0.3, -0.25) is 9.89 Å². The van der Waals surface area contributed by atoms with Gasteiger partial charge in [0.2, 0.25) is 0 Å². The SMILES string of the molecule is CCNC(=NCCC(C)N(C)Cc1ccccc1)NCCS(=O)(=O)C(C)(C)C.I. The van der Waals surface area contributed by atoms with Crippen molar-refractivity contribution in [2.24, 2.45) is 4.99 Å². The van der Waals surface area contributed by atoms with Crippen LogP contribution in [0.3, 0.4) is 0 Å². The predicted octanol–water partition coefficient (Wildman–Crippen LogP) is 3.28. The van der Waals surface area contributed by atoms with Crippen molar-refractivity contribution in [3.8, 4) is 0 Å². The molecule has 0 bridgehead atoms. The lowest BCUT2D eigenvalue weighted by Crippen LogP contribution is -2.42. The molecule has 0 amide bonds. The van der Waals surface area contributed by atoms with Gasteiger partial charge in [-0.15, -0.1) is 24.0 Å². The molecule has 1 rings (SSSR count). The van der Waals surface area contributed by atoms with Gasteiger partial charge in [-0.2, -0.15) is 0 Å². The molecule has 0 radical (unpaired) electrons. The van der Waals surface area contributed by atoms with E-state index in [-0.39, 0.29) is 29.7 Å². The topological polar surface area (TPSA) is 73.8 Å². The number of guanidine groups is 1. The van der Waals surface area contributed by atoms with E-state index in [1.807, 2.05) is 13.0 Å². The zero-order chi connectivity index (χ0) is 21.2. The molecule has 0 spiro atoms. The second kappa shape index (κ2) is 13.4. The van der Waals surface area contributed by atoms with Gasteiger partial charge in [0.25, 0.3) is 0 Å². The van der Waals surface area contributed by atoms with Crippen LogP contribution in [-0.2, 0) is 16.4 Å². The van der Waals surface area contributed by atoms with Gasteiger partial charge in [0.05, 0.1) is 10.5 Å². The fourth-order valence-corrected chi connectivity index (χ4v) is 3.55. The molecule has 8 heteroatoms. The Morgan fingerprint density at radius 3 is 2.34 bits per heavy atom. The van der Waals surface area contributed by atoms with Crippen molar-refractivity contribution >= 4 is 39.8 Å². The van der Waals surface area contributed by atoms with E-state index in [9.17, 15) is 8.42 Å². The number of sulfone groups is 1. The van der Waals surface area contributed by atoms with Crippen LogP contribution in [0.15, 0.2) is 35.3 Å². The van der Waals surface area contributed by atoms with Crippen LogP contribution in [0.25, 0.3) is 0 Å². The molecule has 29 heavy (non-hydrogen) atoms. The highest BCUT2D eigenvalue weighted by molar-refractivity contribution is 14.0. The van der Waals surface area contributed by atoms with Crippen molar-refractivity contribution < 1.29 is 8.42 Å². The maximum Gasteiger partial charge on any atom is 0.191 e. The van der Waals surface area contributed by atoms with Crippen LogP contribution < -0.4 is 10.6 Å². The predicted molar refractivity (Wildman–Crippen MR) is 135 cm³/mol. The highest BCUT2D eigenvalue weighted by Crippen LogP contribution is 2.15. The van der Waals surface area contributed by atoms with Crippen molar-refractivity contribution in [2.45, 2.75) is 58.4 Å². The lowest BCUT2D eigenvalue weighted by molar-refractivity contribution is 0.240. The lowest BCUT2D eigenvalue weighted by atomic mass is 10.1. The van der Waals surface area contributed by atoms with Crippen molar-refractivity contribution in [3.05, 3.63) is 35.9 Å². The summed E-state index contributed by atoms with van der Waals surface area (Å²) in [5.74, 6) is 0.765. The minimum Gasteiger partial charge on any atom is -0.357 e. The lowest BCUT2D eigenvalue weighted by Gasteiger charge is -2.24. The Morgan fingerprint density at radius 2 is 1.79 bits per heavy atom. The third-order valence-electron chi connectivity index (χ3n) is 4.78. The summed E-state index contributed by atoms with van der Waals surface area (Å²) in [7, 11) is -1.01. The molecule has 0 heterocycles. The number of hydrogen-bond acceptors (Lipinski definition) is 4. The molecule has 1 unspecified atom stereocenters. The van der Waals surface area contributed by atoms with E-state index in [1.54, 1.807) is 20.8 Å². The third kappa shape index (κ3) is 10.6. The Hall–Kier alpha value is -0.870. The molecular formula is C21H39IN4O2S. The molecule has 0 fully saturated rings. The second-order valence-corrected chi connectivity index (χ2v) is 11.0. The molecule has 0 aromatic heterocycles. The minimum absolute atomic E-state index is 0. The van der Waals surface area contributed by atoms with E-state index in [2.05, 4.69) is 58.8 Å². The normalized spacial score (nSPS) is 13.7. The number of rotatable bonds is 10. The molecule has 0 aliphatic carbocycles. The van der Waals surface area contributed by atoms with E-state index in [0.29, 0.717) is 25.1 Å². The first kappa shape index (κ1) is 28.1. The Morgan fingerprint density at radius 1 is 1.17 bits per heavy atom. The third-order valence-corrected chi connectivity index (χ3v) is 7.39. The van der Waals surface area contributed by atoms with Crippen LogP contribution >= 0.6 is 24.0 Å². The first-order valence-corrected chi connectivity index (χ1v) is 11.7. The smallest absolute Gasteiger partial charge is 0.191 e. The Balaban J connectivity index is 0.00000784. The summed E-state index contributed by atoms with van der Waals surface area (Å²) in [5, 5.41) is 6.32. The van der Waals surface area contributed by atoms with Crippen LogP contribution in [0.1, 0.15) is 46.6 Å². The summed E-state index contributed by atoms with van der Waals surface area (Å²) < 4.78 is 23.7. The fraction of sp³-hybridized carbons (Fsp3) is 0.667. The van der Waals surface area contributed by atoms with Crippen LogP contribution in [0, 0.1) is 0 Å². The standard InChI is InChI=1S/C21H38N4O2S.HI/c1-7-22-20(24-15-16-28(26,27)21(3,4)5)23-14-13-18(2)25(6)17-19-11-9-8-10-12-19;/h8-12,18H,7,13-17H2,1-6H3,(H2,22,23,24);1H. The Bertz CT molecular complexity index is 703. The van der Waals surface area contributed by atoms with Gasteiger partial charge in [0.1, 0.15) is 0 Å². The first-order chi connectivity index (χ1) is 13.1.